The Balaban J connectivity index is 1.48. The fraction of sp³-hybridized carbons (Fsp3) is 0.172. The van der Waals surface area contributed by atoms with E-state index in [2.05, 4.69) is 22.8 Å². The molecular formula is C29H25FN2O2S2. The van der Waals surface area contributed by atoms with E-state index in [9.17, 15) is 9.18 Å². The number of carbonyl (C=O) groups is 1. The molecular weight excluding hydrogens is 491 g/mol. The molecule has 0 aliphatic carbocycles. The van der Waals surface area contributed by atoms with Crippen molar-refractivity contribution in [3.63, 3.8) is 0 Å². The maximum absolute atomic E-state index is 14.4. The van der Waals surface area contributed by atoms with Crippen LogP contribution in [0.5, 0.6) is 5.75 Å². The van der Waals surface area contributed by atoms with E-state index in [4.69, 9.17) is 17.0 Å². The number of anilines is 1. The van der Waals surface area contributed by atoms with Gasteiger partial charge in [0.1, 0.15) is 18.2 Å². The van der Waals surface area contributed by atoms with Crippen LogP contribution in [-0.2, 0) is 11.3 Å². The van der Waals surface area contributed by atoms with Crippen LogP contribution in [0.3, 0.4) is 0 Å². The van der Waals surface area contributed by atoms with Crippen molar-refractivity contribution in [3.8, 4) is 5.75 Å². The van der Waals surface area contributed by atoms with Crippen LogP contribution in [-0.4, -0.2) is 21.4 Å². The number of halogens is 1. The van der Waals surface area contributed by atoms with Gasteiger partial charge in [-0.2, -0.15) is 0 Å². The van der Waals surface area contributed by atoms with E-state index in [1.165, 1.54) is 28.3 Å². The number of hydrogen-bond donors (Lipinski definition) is 0. The smallest absolute Gasteiger partial charge is 0.270 e. The lowest BCUT2D eigenvalue weighted by Gasteiger charge is -2.14. The molecule has 0 N–H and O–H groups in total. The fourth-order valence-corrected chi connectivity index (χ4v) is 5.69. The summed E-state index contributed by atoms with van der Waals surface area (Å²) in [6, 6.07) is 20.5. The average molecular weight is 517 g/mol. The highest BCUT2D eigenvalue weighted by Gasteiger charge is 2.35. The number of ether oxygens (including phenoxy) is 1. The highest BCUT2D eigenvalue weighted by molar-refractivity contribution is 8.27. The zero-order valence-corrected chi connectivity index (χ0v) is 21.9. The Morgan fingerprint density at radius 3 is 2.47 bits per heavy atom. The molecule has 0 saturated carbocycles. The van der Waals surface area contributed by atoms with Crippen molar-refractivity contribution in [1.29, 1.82) is 0 Å². The number of benzene rings is 3. The molecule has 1 aliphatic heterocycles. The van der Waals surface area contributed by atoms with E-state index in [1.54, 1.807) is 18.2 Å². The van der Waals surface area contributed by atoms with Crippen LogP contribution in [0, 0.1) is 26.6 Å². The van der Waals surface area contributed by atoms with E-state index in [0.717, 1.165) is 33.5 Å². The molecule has 4 aromatic rings. The summed E-state index contributed by atoms with van der Waals surface area (Å²) in [5.74, 6) is 0.0420. The van der Waals surface area contributed by atoms with Crippen LogP contribution in [0.2, 0.25) is 0 Å². The molecule has 0 bridgehead atoms. The van der Waals surface area contributed by atoms with Crippen LogP contribution in [0.1, 0.15) is 22.4 Å². The predicted octanol–water partition coefficient (Wildman–Crippen LogP) is 7.19. The van der Waals surface area contributed by atoms with E-state index >= 15 is 0 Å². The second-order valence-electron chi connectivity index (χ2n) is 8.80. The summed E-state index contributed by atoms with van der Waals surface area (Å²) in [4.78, 5) is 15.1. The van der Waals surface area contributed by atoms with Gasteiger partial charge in [-0.3, -0.25) is 9.69 Å². The van der Waals surface area contributed by atoms with Crippen LogP contribution in [0.15, 0.2) is 71.6 Å². The fourth-order valence-electron chi connectivity index (χ4n) is 4.42. The van der Waals surface area contributed by atoms with Crippen molar-refractivity contribution in [2.75, 3.05) is 11.5 Å². The minimum absolute atomic E-state index is 0.173. The molecule has 1 fully saturated rings. The van der Waals surface area contributed by atoms with Gasteiger partial charge in [-0.15, -0.1) is 0 Å². The monoisotopic (exact) mass is 516 g/mol. The van der Waals surface area contributed by atoms with Gasteiger partial charge in [0.2, 0.25) is 0 Å². The Bertz CT molecular complexity index is 1520. The first-order chi connectivity index (χ1) is 17.3. The summed E-state index contributed by atoms with van der Waals surface area (Å²) in [7, 11) is 0. The number of rotatable bonds is 6. The van der Waals surface area contributed by atoms with Gasteiger partial charge < -0.3 is 9.30 Å². The second-order valence-corrected chi connectivity index (χ2v) is 10.5. The van der Waals surface area contributed by atoms with E-state index in [1.807, 2.05) is 51.1 Å². The number of hydrogen-bond acceptors (Lipinski definition) is 4. The number of para-hydroxylation sites is 1. The Morgan fingerprint density at radius 2 is 1.72 bits per heavy atom. The van der Waals surface area contributed by atoms with Gasteiger partial charge >= 0.3 is 0 Å². The van der Waals surface area contributed by atoms with Crippen molar-refractivity contribution < 1.29 is 13.9 Å². The average Bonchev–Trinajstić information content (AvgIpc) is 3.28. The summed E-state index contributed by atoms with van der Waals surface area (Å²) < 4.78 is 22.9. The zero-order chi connectivity index (χ0) is 25.4. The van der Waals surface area contributed by atoms with E-state index < -0.39 is 5.82 Å². The zero-order valence-electron chi connectivity index (χ0n) is 20.2. The first-order valence-corrected chi connectivity index (χ1v) is 12.9. The van der Waals surface area contributed by atoms with Gasteiger partial charge in [0.25, 0.3) is 5.91 Å². The number of fused-ring (bicyclic) bond motifs is 1. The maximum atomic E-state index is 14.4. The summed E-state index contributed by atoms with van der Waals surface area (Å²) in [5, 5.41) is 1.05. The molecule has 4 nitrogen and oxygen atoms in total. The Kier molecular flexibility index (Phi) is 6.69. The lowest BCUT2D eigenvalue weighted by atomic mass is 10.1. The lowest BCUT2D eigenvalue weighted by molar-refractivity contribution is -0.113. The highest BCUT2D eigenvalue weighted by Crippen LogP contribution is 2.39. The molecule has 5 rings (SSSR count). The first kappa shape index (κ1) is 24.3. The van der Waals surface area contributed by atoms with Gasteiger partial charge in [-0.1, -0.05) is 65.4 Å². The van der Waals surface area contributed by atoms with Gasteiger partial charge in [-0.25, -0.2) is 4.39 Å². The molecule has 0 radical (unpaired) electrons. The number of thioether (sulfide) groups is 1. The number of nitrogens with zero attached hydrogens (tertiary/aromatic N) is 2. The van der Waals surface area contributed by atoms with E-state index in [-0.39, 0.29) is 11.6 Å². The Morgan fingerprint density at radius 1 is 1.00 bits per heavy atom. The molecule has 2 heterocycles. The van der Waals surface area contributed by atoms with Crippen molar-refractivity contribution in [2.24, 2.45) is 0 Å². The quantitative estimate of drug-likeness (QED) is 0.201. The topological polar surface area (TPSA) is 34.5 Å². The molecule has 0 atom stereocenters. The summed E-state index contributed by atoms with van der Waals surface area (Å²) in [6.07, 6.45) is 1.88. The van der Waals surface area contributed by atoms with Crippen LogP contribution in [0.25, 0.3) is 17.0 Å². The molecule has 36 heavy (non-hydrogen) atoms. The van der Waals surface area contributed by atoms with Crippen LogP contribution < -0.4 is 9.64 Å². The van der Waals surface area contributed by atoms with Crippen molar-refractivity contribution >= 4 is 56.9 Å². The molecule has 0 unspecified atom stereocenters. The molecule has 0 spiro atoms. The summed E-state index contributed by atoms with van der Waals surface area (Å²) >= 11 is 6.65. The minimum atomic E-state index is -0.480. The first-order valence-electron chi connectivity index (χ1n) is 11.6. The van der Waals surface area contributed by atoms with Gasteiger partial charge in [0.05, 0.1) is 17.1 Å². The van der Waals surface area contributed by atoms with Crippen molar-refractivity contribution in [1.82, 2.24) is 4.57 Å². The largest absolute Gasteiger partial charge is 0.492 e. The normalized spacial score (nSPS) is 14.9. The highest BCUT2D eigenvalue weighted by atomic mass is 32.2. The standard InChI is InChI=1S/C29H25FN2O2S2/c1-18-8-11-21(12-9-18)34-15-14-31-20(3)22(23-16-19(2)10-13-25(23)31)17-27-28(33)32(29(35)36-27)26-7-5-4-6-24(26)30/h4-13,16-17H,14-15H2,1-3H3. The third-order valence-corrected chi connectivity index (χ3v) is 7.60. The molecule has 1 saturated heterocycles. The number of aryl methyl sites for hydroxylation is 2. The summed E-state index contributed by atoms with van der Waals surface area (Å²) in [6.45, 7) is 7.31. The molecule has 1 amide bonds. The van der Waals surface area contributed by atoms with Gasteiger partial charge in [0.15, 0.2) is 4.32 Å². The van der Waals surface area contributed by atoms with Gasteiger partial charge in [0, 0.05) is 22.2 Å². The molecule has 1 aliphatic rings. The molecule has 3 aromatic carbocycles. The van der Waals surface area contributed by atoms with Crippen LogP contribution in [0.4, 0.5) is 10.1 Å². The second kappa shape index (κ2) is 9.91. The van der Waals surface area contributed by atoms with Gasteiger partial charge in [-0.05, 0) is 63.2 Å². The number of thiocarbonyl (C=S) groups is 1. The van der Waals surface area contributed by atoms with Crippen molar-refractivity contribution in [3.05, 3.63) is 99.8 Å². The Labute approximate surface area is 219 Å². The van der Waals surface area contributed by atoms with E-state index in [0.29, 0.717) is 22.4 Å². The van der Waals surface area contributed by atoms with Crippen LogP contribution >= 0.6 is 24.0 Å². The number of carbonyl (C=O) groups excluding carboxylic acids is 1. The Hall–Kier alpha value is -3.42. The predicted molar refractivity (Wildman–Crippen MR) is 150 cm³/mol. The minimum Gasteiger partial charge on any atom is -0.492 e. The van der Waals surface area contributed by atoms with Crippen molar-refractivity contribution in [2.45, 2.75) is 27.3 Å². The summed E-state index contributed by atoms with van der Waals surface area (Å²) in [5.41, 5.74) is 5.55. The molecule has 1 aromatic heterocycles. The maximum Gasteiger partial charge on any atom is 0.270 e. The molecule has 182 valence electrons. The number of aromatic nitrogens is 1. The third kappa shape index (κ3) is 4.56. The SMILES string of the molecule is Cc1ccc(OCCn2c(C)c(C=C3SC(=S)N(c4ccccc4F)C3=O)c3cc(C)ccc32)cc1. The number of amides is 1. The lowest BCUT2D eigenvalue weighted by Crippen LogP contribution is -2.28. The third-order valence-electron chi connectivity index (χ3n) is 6.29. The molecule has 7 heteroatoms.